The number of hydrogen-bond acceptors (Lipinski definition) is 6. The first-order chi connectivity index (χ1) is 14.5. The predicted octanol–water partition coefficient (Wildman–Crippen LogP) is 3.07. The lowest BCUT2D eigenvalue weighted by Crippen LogP contribution is -2.46. The summed E-state index contributed by atoms with van der Waals surface area (Å²) in [5.41, 5.74) is 1.42. The van der Waals surface area contributed by atoms with Crippen LogP contribution in [0.3, 0.4) is 0 Å². The Morgan fingerprint density at radius 2 is 2.03 bits per heavy atom. The number of alkyl halides is 1. The summed E-state index contributed by atoms with van der Waals surface area (Å²) in [6.45, 7) is 0.890. The molecule has 2 fully saturated rings. The molecular formula is C20H21F3N6O. The molecule has 10 heteroatoms. The van der Waals surface area contributed by atoms with Crippen LogP contribution in [0.2, 0.25) is 0 Å². The van der Waals surface area contributed by atoms with Gasteiger partial charge in [0.2, 0.25) is 0 Å². The number of halogens is 3. The van der Waals surface area contributed by atoms with Crippen molar-refractivity contribution in [3.63, 3.8) is 0 Å². The van der Waals surface area contributed by atoms with Crippen molar-refractivity contribution in [3.8, 4) is 17.1 Å². The van der Waals surface area contributed by atoms with Crippen molar-refractivity contribution in [2.24, 2.45) is 0 Å². The Labute approximate surface area is 170 Å². The summed E-state index contributed by atoms with van der Waals surface area (Å²) >= 11 is 0. The lowest BCUT2D eigenvalue weighted by atomic mass is 10.1. The summed E-state index contributed by atoms with van der Waals surface area (Å²) in [6.07, 6.45) is 2.63. The molecule has 0 radical (unpaired) electrons. The number of piperidine rings is 1. The third-order valence-electron chi connectivity index (χ3n) is 5.56. The minimum absolute atomic E-state index is 0.106. The summed E-state index contributed by atoms with van der Waals surface area (Å²) in [5, 5.41) is 10.4. The Kier molecular flexibility index (Phi) is 4.73. The standard InChI is InChI=1S/C20H21F3N6O/c1-30-16-7-17-25-9-15(29(17)28-18(16)10-2-3-10)19-12(22)6-13(23)20(27-19)26-14-8-24-5-4-11(14)21/h6-7,9-11,14,24H,2-5,8H2,1H3,(H,26,27)/t11-,14-/m1/s1. The molecule has 158 valence electrons. The molecule has 2 aliphatic rings. The number of nitrogens with zero attached hydrogens (tertiary/aromatic N) is 4. The Hall–Kier alpha value is -2.88. The molecule has 1 aliphatic heterocycles. The van der Waals surface area contributed by atoms with E-state index in [-0.39, 0.29) is 17.2 Å². The number of aromatic nitrogens is 4. The van der Waals surface area contributed by atoms with Crippen LogP contribution in [0.4, 0.5) is 19.0 Å². The monoisotopic (exact) mass is 418 g/mol. The first kappa shape index (κ1) is 19.1. The van der Waals surface area contributed by atoms with Crippen molar-refractivity contribution >= 4 is 11.5 Å². The van der Waals surface area contributed by atoms with Crippen LogP contribution >= 0.6 is 0 Å². The number of imidazole rings is 1. The molecule has 0 amide bonds. The maximum absolute atomic E-state index is 14.7. The van der Waals surface area contributed by atoms with E-state index in [1.54, 1.807) is 13.2 Å². The molecule has 30 heavy (non-hydrogen) atoms. The summed E-state index contributed by atoms with van der Waals surface area (Å²) < 4.78 is 50.1. The highest BCUT2D eigenvalue weighted by molar-refractivity contribution is 5.63. The molecule has 7 nitrogen and oxygen atoms in total. The van der Waals surface area contributed by atoms with E-state index in [0.717, 1.165) is 24.6 Å². The number of ether oxygens (including phenoxy) is 1. The van der Waals surface area contributed by atoms with Crippen molar-refractivity contribution < 1.29 is 17.9 Å². The van der Waals surface area contributed by atoms with Crippen molar-refractivity contribution in [1.82, 2.24) is 24.9 Å². The highest BCUT2D eigenvalue weighted by atomic mass is 19.1. The summed E-state index contributed by atoms with van der Waals surface area (Å²) in [6, 6.07) is 1.84. The molecule has 0 aromatic carbocycles. The molecule has 4 heterocycles. The minimum Gasteiger partial charge on any atom is -0.495 e. The van der Waals surface area contributed by atoms with Crippen LogP contribution in [-0.4, -0.2) is 52.0 Å². The maximum Gasteiger partial charge on any atom is 0.168 e. The normalized spacial score (nSPS) is 21.7. The Balaban J connectivity index is 1.56. The van der Waals surface area contributed by atoms with Crippen LogP contribution in [0.1, 0.15) is 30.9 Å². The van der Waals surface area contributed by atoms with Crippen molar-refractivity contribution in [1.29, 1.82) is 0 Å². The molecular weight excluding hydrogens is 397 g/mol. The number of pyridine rings is 1. The minimum atomic E-state index is -1.15. The van der Waals surface area contributed by atoms with Crippen molar-refractivity contribution in [2.45, 2.75) is 37.4 Å². The van der Waals surface area contributed by atoms with E-state index in [1.807, 2.05) is 0 Å². The van der Waals surface area contributed by atoms with E-state index in [0.29, 0.717) is 36.8 Å². The van der Waals surface area contributed by atoms with Crippen molar-refractivity contribution in [3.05, 3.63) is 35.7 Å². The van der Waals surface area contributed by atoms with Gasteiger partial charge in [-0.1, -0.05) is 0 Å². The number of fused-ring (bicyclic) bond motifs is 1. The second-order valence-corrected chi connectivity index (χ2v) is 7.69. The summed E-state index contributed by atoms with van der Waals surface area (Å²) in [5.74, 6) is -0.993. The SMILES string of the molecule is COc1cc2ncc(-c3nc(N[C@@H]4CNCC[C@H]4F)c(F)cc3F)n2nc1C1CC1. The van der Waals surface area contributed by atoms with Crippen LogP contribution in [0.25, 0.3) is 17.0 Å². The van der Waals surface area contributed by atoms with Gasteiger partial charge in [-0.2, -0.15) is 5.10 Å². The molecule has 2 N–H and O–H groups in total. The second-order valence-electron chi connectivity index (χ2n) is 7.69. The fourth-order valence-corrected chi connectivity index (χ4v) is 3.77. The van der Waals surface area contributed by atoms with Gasteiger partial charge in [0.15, 0.2) is 23.1 Å². The third-order valence-corrected chi connectivity index (χ3v) is 5.56. The molecule has 1 saturated carbocycles. The number of hydrogen-bond donors (Lipinski definition) is 2. The Bertz CT molecular complexity index is 1100. The smallest absolute Gasteiger partial charge is 0.168 e. The van der Waals surface area contributed by atoms with Crippen LogP contribution < -0.4 is 15.4 Å². The summed E-state index contributed by atoms with van der Waals surface area (Å²) in [7, 11) is 1.57. The van der Waals surface area contributed by atoms with E-state index < -0.39 is 23.8 Å². The first-order valence-electron chi connectivity index (χ1n) is 9.95. The van der Waals surface area contributed by atoms with Gasteiger partial charge in [0, 0.05) is 24.6 Å². The molecule has 0 bridgehead atoms. The zero-order chi connectivity index (χ0) is 20.8. The number of rotatable bonds is 5. The number of methoxy groups -OCH3 is 1. The fourth-order valence-electron chi connectivity index (χ4n) is 3.77. The lowest BCUT2D eigenvalue weighted by molar-refractivity contribution is 0.240. The zero-order valence-electron chi connectivity index (χ0n) is 16.3. The van der Waals surface area contributed by atoms with Gasteiger partial charge in [-0.3, -0.25) is 0 Å². The molecule has 1 aliphatic carbocycles. The van der Waals surface area contributed by atoms with Crippen LogP contribution in [-0.2, 0) is 0 Å². The van der Waals surface area contributed by atoms with Gasteiger partial charge in [-0.25, -0.2) is 27.7 Å². The second kappa shape index (κ2) is 7.42. The molecule has 1 saturated heterocycles. The highest BCUT2D eigenvalue weighted by Gasteiger charge is 2.30. The van der Waals surface area contributed by atoms with E-state index in [1.165, 1.54) is 10.7 Å². The largest absolute Gasteiger partial charge is 0.495 e. The number of anilines is 1. The van der Waals surface area contributed by atoms with E-state index in [4.69, 9.17) is 4.74 Å². The highest BCUT2D eigenvalue weighted by Crippen LogP contribution is 2.43. The van der Waals surface area contributed by atoms with Gasteiger partial charge in [-0.15, -0.1) is 0 Å². The first-order valence-corrected chi connectivity index (χ1v) is 9.95. The fraction of sp³-hybridized carbons (Fsp3) is 0.450. The van der Waals surface area contributed by atoms with Gasteiger partial charge in [0.05, 0.1) is 19.3 Å². The quantitative estimate of drug-likeness (QED) is 0.663. The summed E-state index contributed by atoms with van der Waals surface area (Å²) in [4.78, 5) is 8.41. The van der Waals surface area contributed by atoms with E-state index >= 15 is 0 Å². The third kappa shape index (κ3) is 3.34. The van der Waals surface area contributed by atoms with Gasteiger partial charge in [-0.05, 0) is 25.8 Å². The average molecular weight is 418 g/mol. The Morgan fingerprint density at radius 1 is 1.20 bits per heavy atom. The number of nitrogens with one attached hydrogen (secondary N) is 2. The predicted molar refractivity (Wildman–Crippen MR) is 104 cm³/mol. The van der Waals surface area contributed by atoms with Gasteiger partial charge >= 0.3 is 0 Å². The molecule has 0 spiro atoms. The average Bonchev–Trinajstić information content (AvgIpc) is 3.51. The molecule has 3 aromatic rings. The van der Waals surface area contributed by atoms with E-state index in [9.17, 15) is 13.2 Å². The van der Waals surface area contributed by atoms with Crippen LogP contribution in [0.5, 0.6) is 5.75 Å². The Morgan fingerprint density at radius 3 is 2.77 bits per heavy atom. The van der Waals surface area contributed by atoms with Crippen LogP contribution in [0.15, 0.2) is 18.3 Å². The lowest BCUT2D eigenvalue weighted by Gasteiger charge is -2.28. The van der Waals surface area contributed by atoms with Gasteiger partial charge in [0.1, 0.15) is 29.0 Å². The van der Waals surface area contributed by atoms with Crippen LogP contribution in [0, 0.1) is 11.6 Å². The van der Waals surface area contributed by atoms with Gasteiger partial charge in [0.25, 0.3) is 0 Å². The molecule has 5 rings (SSSR count). The maximum atomic E-state index is 14.7. The molecule has 2 atom stereocenters. The topological polar surface area (TPSA) is 76.4 Å². The molecule has 3 aromatic heterocycles. The molecule has 0 unspecified atom stereocenters. The van der Waals surface area contributed by atoms with E-state index in [2.05, 4.69) is 25.7 Å². The van der Waals surface area contributed by atoms with Crippen molar-refractivity contribution in [2.75, 3.05) is 25.5 Å². The van der Waals surface area contributed by atoms with Gasteiger partial charge < -0.3 is 15.4 Å². The zero-order valence-corrected chi connectivity index (χ0v) is 16.3.